The first-order valence-corrected chi connectivity index (χ1v) is 7.52. The summed E-state index contributed by atoms with van der Waals surface area (Å²) in [5.74, 6) is -1.19. The number of hydrogen-bond donors (Lipinski definition) is 0. The van der Waals surface area contributed by atoms with Gasteiger partial charge >= 0.3 is 0 Å². The first-order chi connectivity index (χ1) is 7.16. The number of hydrogen-bond acceptors (Lipinski definition) is 3. The fraction of sp³-hybridized carbons (Fsp3) is 0.222. The maximum atomic E-state index is 12.6. The van der Waals surface area contributed by atoms with Gasteiger partial charge in [0.25, 0.3) is 0 Å². The lowest BCUT2D eigenvalue weighted by atomic mass is 10.1. The van der Waals surface area contributed by atoms with Crippen molar-refractivity contribution in [1.29, 1.82) is 0 Å². The van der Waals surface area contributed by atoms with Gasteiger partial charge in [0.2, 0.25) is 8.35 Å². The lowest BCUT2D eigenvalue weighted by Gasteiger charge is -2.16. The molecule has 0 radical (unpaired) electrons. The third kappa shape index (κ3) is 2.70. The summed E-state index contributed by atoms with van der Waals surface area (Å²) in [6, 6.07) is 4.62. The van der Waals surface area contributed by atoms with Gasteiger partial charge in [-0.2, -0.15) is 0 Å². The summed E-state index contributed by atoms with van der Waals surface area (Å²) in [4.78, 5) is 11.8. The van der Waals surface area contributed by atoms with Gasteiger partial charge in [-0.05, 0) is 56.1 Å². The Morgan fingerprint density at radius 1 is 1.25 bits per heavy atom. The number of sulfone groups is 1. The van der Waals surface area contributed by atoms with Crippen molar-refractivity contribution >= 4 is 47.5 Å². The predicted molar refractivity (Wildman–Crippen MR) is 66.2 cm³/mol. The highest BCUT2D eigenvalue weighted by molar-refractivity contribution is 9.28. The normalized spacial score (nSPS) is 12.5. The molecule has 0 saturated heterocycles. The monoisotopic (exact) mass is 372 g/mol. The minimum Gasteiger partial charge on any atom is -0.290 e. The first kappa shape index (κ1) is 13.8. The van der Waals surface area contributed by atoms with Crippen molar-refractivity contribution in [2.75, 3.05) is 6.26 Å². The predicted octanol–water partition coefficient (Wildman–Crippen LogP) is 2.50. The fourth-order valence-electron chi connectivity index (χ4n) is 0.938. The second-order valence-electron chi connectivity index (χ2n) is 3.12. The van der Waals surface area contributed by atoms with E-state index in [9.17, 15) is 17.6 Å². The van der Waals surface area contributed by atoms with E-state index in [1.54, 1.807) is 0 Å². The Balaban J connectivity index is 3.18. The van der Waals surface area contributed by atoms with Gasteiger partial charge in [-0.3, -0.25) is 4.79 Å². The second-order valence-corrected chi connectivity index (χ2v) is 9.77. The van der Waals surface area contributed by atoms with E-state index in [-0.39, 0.29) is 5.56 Å². The molecule has 0 unspecified atom stereocenters. The molecule has 7 heteroatoms. The molecular formula is C9H7Br2FO3S. The zero-order chi connectivity index (χ0) is 12.6. The highest BCUT2D eigenvalue weighted by Gasteiger charge is 2.43. The van der Waals surface area contributed by atoms with Gasteiger partial charge < -0.3 is 0 Å². The molecule has 0 N–H and O–H groups in total. The number of Topliss-reactive ketones (excluding diaryl/α,β-unsaturated/α-hetero) is 1. The average molecular weight is 374 g/mol. The average Bonchev–Trinajstić information content (AvgIpc) is 2.16. The van der Waals surface area contributed by atoms with Gasteiger partial charge in [-0.25, -0.2) is 12.8 Å². The van der Waals surface area contributed by atoms with Gasteiger partial charge in [-0.15, -0.1) is 0 Å². The topological polar surface area (TPSA) is 51.2 Å². The van der Waals surface area contributed by atoms with Crippen LogP contribution in [0.1, 0.15) is 10.4 Å². The summed E-state index contributed by atoms with van der Waals surface area (Å²) in [6.07, 6.45) is 0.915. The Hall–Kier alpha value is -0.270. The largest absolute Gasteiger partial charge is 0.290 e. The van der Waals surface area contributed by atoms with Crippen molar-refractivity contribution in [1.82, 2.24) is 0 Å². The molecule has 0 heterocycles. The minimum atomic E-state index is -3.67. The van der Waals surface area contributed by atoms with E-state index >= 15 is 0 Å². The lowest BCUT2D eigenvalue weighted by Crippen LogP contribution is -2.33. The van der Waals surface area contributed by atoms with Crippen molar-refractivity contribution < 1.29 is 17.6 Å². The molecule has 1 aromatic rings. The Bertz CT molecular complexity index is 508. The van der Waals surface area contributed by atoms with Crippen LogP contribution < -0.4 is 0 Å². The Labute approximate surface area is 109 Å². The smallest absolute Gasteiger partial charge is 0.242 e. The van der Waals surface area contributed by atoms with E-state index in [0.717, 1.165) is 18.4 Å². The molecule has 88 valence electrons. The van der Waals surface area contributed by atoms with Crippen LogP contribution in [-0.2, 0) is 9.84 Å². The fourth-order valence-corrected chi connectivity index (χ4v) is 1.85. The van der Waals surface area contributed by atoms with Gasteiger partial charge in [0.15, 0.2) is 9.84 Å². The number of carbonyl (C=O) groups excluding carboxylic acids is 1. The molecular weight excluding hydrogens is 367 g/mol. The molecule has 0 aliphatic heterocycles. The molecule has 0 aliphatic carbocycles. The van der Waals surface area contributed by atoms with E-state index in [0.29, 0.717) is 0 Å². The zero-order valence-electron chi connectivity index (χ0n) is 8.08. The molecule has 0 bridgehead atoms. The quantitative estimate of drug-likeness (QED) is 0.604. The molecule has 0 saturated carbocycles. The summed E-state index contributed by atoms with van der Waals surface area (Å²) in [7, 11) is -3.67. The van der Waals surface area contributed by atoms with Crippen LogP contribution in [0.15, 0.2) is 24.3 Å². The van der Waals surface area contributed by atoms with Gasteiger partial charge in [-0.1, -0.05) is 0 Å². The standard InChI is InChI=1S/C9H7Br2FO3S/c1-16(14,15)9(10,11)8(13)6-2-4-7(12)5-3-6/h2-5H,1H3. The third-order valence-corrected chi connectivity index (χ3v) is 7.20. The molecule has 0 spiro atoms. The lowest BCUT2D eigenvalue weighted by molar-refractivity contribution is 0.100. The van der Waals surface area contributed by atoms with Crippen molar-refractivity contribution in [3.8, 4) is 0 Å². The number of alkyl halides is 2. The summed E-state index contributed by atoms with van der Waals surface area (Å²) < 4.78 is 33.4. The van der Waals surface area contributed by atoms with Crippen molar-refractivity contribution in [2.24, 2.45) is 0 Å². The molecule has 1 rings (SSSR count). The Morgan fingerprint density at radius 3 is 2.06 bits per heavy atom. The molecule has 0 atom stereocenters. The maximum Gasteiger partial charge on any atom is 0.242 e. The van der Waals surface area contributed by atoms with Crippen molar-refractivity contribution in [3.63, 3.8) is 0 Å². The van der Waals surface area contributed by atoms with Crippen LogP contribution in [0.5, 0.6) is 0 Å². The molecule has 3 nitrogen and oxygen atoms in total. The number of halogens is 3. The third-order valence-electron chi connectivity index (χ3n) is 1.84. The Kier molecular flexibility index (Phi) is 3.91. The summed E-state index contributed by atoms with van der Waals surface area (Å²) in [5.41, 5.74) is 0.0978. The minimum absolute atomic E-state index is 0.0978. The van der Waals surface area contributed by atoms with E-state index in [1.165, 1.54) is 12.1 Å². The first-order valence-electron chi connectivity index (χ1n) is 4.04. The van der Waals surface area contributed by atoms with Crippen molar-refractivity contribution in [3.05, 3.63) is 35.6 Å². The number of carbonyl (C=O) groups is 1. The number of rotatable bonds is 3. The number of benzene rings is 1. The van der Waals surface area contributed by atoms with E-state index in [2.05, 4.69) is 31.9 Å². The van der Waals surface area contributed by atoms with Gasteiger partial charge in [0, 0.05) is 11.8 Å². The zero-order valence-corrected chi connectivity index (χ0v) is 12.1. The van der Waals surface area contributed by atoms with Crippen LogP contribution in [0.2, 0.25) is 0 Å². The summed E-state index contributed by atoms with van der Waals surface area (Å²) >= 11 is 5.62. The highest BCUT2D eigenvalue weighted by atomic mass is 79.9. The number of ketones is 1. The van der Waals surface area contributed by atoms with Crippen LogP contribution in [0.3, 0.4) is 0 Å². The van der Waals surface area contributed by atoms with Crippen LogP contribution in [0, 0.1) is 5.82 Å². The van der Waals surface area contributed by atoms with Gasteiger partial charge in [0.1, 0.15) is 5.82 Å². The molecule has 1 aromatic carbocycles. The molecule has 0 fully saturated rings. The molecule has 0 aliphatic rings. The SMILES string of the molecule is CS(=O)(=O)C(Br)(Br)C(=O)c1ccc(F)cc1. The highest BCUT2D eigenvalue weighted by Crippen LogP contribution is 2.35. The van der Waals surface area contributed by atoms with Gasteiger partial charge in [0.05, 0.1) is 0 Å². The summed E-state index contributed by atoms with van der Waals surface area (Å²) in [6.45, 7) is 0. The second kappa shape index (κ2) is 4.54. The van der Waals surface area contributed by atoms with E-state index in [1.807, 2.05) is 0 Å². The van der Waals surface area contributed by atoms with Crippen LogP contribution in [0.4, 0.5) is 4.39 Å². The maximum absolute atomic E-state index is 12.6. The molecule has 0 amide bonds. The van der Waals surface area contributed by atoms with Crippen LogP contribution in [0.25, 0.3) is 0 Å². The summed E-state index contributed by atoms with van der Waals surface area (Å²) in [5, 5.41) is 0. The van der Waals surface area contributed by atoms with Crippen LogP contribution >= 0.6 is 31.9 Å². The van der Waals surface area contributed by atoms with E-state index < -0.39 is 24.0 Å². The van der Waals surface area contributed by atoms with E-state index in [4.69, 9.17) is 0 Å². The molecule has 16 heavy (non-hydrogen) atoms. The van der Waals surface area contributed by atoms with Crippen molar-refractivity contribution in [2.45, 2.75) is 2.57 Å². The van der Waals surface area contributed by atoms with Crippen LogP contribution in [-0.4, -0.2) is 23.0 Å². The molecule has 0 aromatic heterocycles. The Morgan fingerprint density at radius 2 is 1.69 bits per heavy atom.